The summed E-state index contributed by atoms with van der Waals surface area (Å²) in [5, 5.41) is 0. The van der Waals surface area contributed by atoms with E-state index in [9.17, 15) is 4.79 Å². The van der Waals surface area contributed by atoms with Crippen LogP contribution in [0.1, 0.15) is 34.8 Å². The van der Waals surface area contributed by atoms with Crippen LogP contribution in [-0.4, -0.2) is 5.78 Å². The second-order valence-electron chi connectivity index (χ2n) is 4.76. The molecule has 0 aliphatic heterocycles. The van der Waals surface area contributed by atoms with E-state index in [-0.39, 0.29) is 5.78 Å². The third kappa shape index (κ3) is 3.70. The maximum absolute atomic E-state index is 11.4. The Morgan fingerprint density at radius 3 is 2.55 bits per heavy atom. The lowest BCUT2D eigenvalue weighted by molar-refractivity contribution is 0.101. The molecule has 0 aromatic heterocycles. The van der Waals surface area contributed by atoms with Gasteiger partial charge in [0.05, 0.1) is 0 Å². The van der Waals surface area contributed by atoms with E-state index in [1.165, 1.54) is 0 Å². The molecule has 0 saturated carbocycles. The molecule has 2 rings (SSSR count). The molecule has 2 aromatic carbocycles. The third-order valence-electron chi connectivity index (χ3n) is 3.15. The second-order valence-corrected chi connectivity index (χ2v) is 4.76. The highest BCUT2D eigenvalue weighted by molar-refractivity contribution is 5.94. The number of benzene rings is 2. The smallest absolute Gasteiger partial charge is 0.159 e. The molecule has 0 bridgehead atoms. The van der Waals surface area contributed by atoms with Crippen molar-refractivity contribution in [1.82, 2.24) is 0 Å². The normalized spacial score (nSPS) is 10.3. The monoisotopic (exact) mass is 267 g/mol. The van der Waals surface area contributed by atoms with Crippen LogP contribution < -0.4 is 4.74 Å². The van der Waals surface area contributed by atoms with Gasteiger partial charge in [0.15, 0.2) is 5.78 Å². The first-order chi connectivity index (χ1) is 9.70. The number of Topliss-reactive ketones (excluding diaryl/α,β-unsaturated/α-hetero) is 1. The van der Waals surface area contributed by atoms with Crippen LogP contribution in [0.5, 0.6) is 5.75 Å². The van der Waals surface area contributed by atoms with Crippen molar-refractivity contribution in [2.24, 2.45) is 0 Å². The highest BCUT2D eigenvalue weighted by atomic mass is 16.5. The molecule has 0 amide bonds. The SMILES string of the molecule is [CH2]CCc1cc(C(C)=O)ccc1OCc1ccccc1. The van der Waals surface area contributed by atoms with Gasteiger partial charge in [-0.3, -0.25) is 4.79 Å². The highest BCUT2D eigenvalue weighted by Gasteiger charge is 2.07. The summed E-state index contributed by atoms with van der Waals surface area (Å²) in [7, 11) is 0. The summed E-state index contributed by atoms with van der Waals surface area (Å²) < 4.78 is 5.87. The Morgan fingerprint density at radius 2 is 1.90 bits per heavy atom. The molecule has 2 aromatic rings. The summed E-state index contributed by atoms with van der Waals surface area (Å²) in [6.45, 7) is 5.98. The van der Waals surface area contributed by atoms with E-state index in [1.54, 1.807) is 6.92 Å². The lowest BCUT2D eigenvalue weighted by atomic mass is 10.0. The fourth-order valence-corrected chi connectivity index (χ4v) is 2.06. The highest BCUT2D eigenvalue weighted by Crippen LogP contribution is 2.23. The van der Waals surface area contributed by atoms with Crippen LogP contribution >= 0.6 is 0 Å². The van der Waals surface area contributed by atoms with Crippen LogP contribution in [-0.2, 0) is 13.0 Å². The van der Waals surface area contributed by atoms with Crippen LogP contribution in [0.15, 0.2) is 48.5 Å². The topological polar surface area (TPSA) is 26.3 Å². The van der Waals surface area contributed by atoms with Gasteiger partial charge in [-0.05, 0) is 49.1 Å². The lowest BCUT2D eigenvalue weighted by Crippen LogP contribution is -2.01. The minimum Gasteiger partial charge on any atom is -0.489 e. The van der Waals surface area contributed by atoms with Crippen LogP contribution in [0.3, 0.4) is 0 Å². The van der Waals surface area contributed by atoms with Crippen LogP contribution in [0.2, 0.25) is 0 Å². The van der Waals surface area contributed by atoms with Gasteiger partial charge in [-0.2, -0.15) is 0 Å². The molecule has 20 heavy (non-hydrogen) atoms. The largest absolute Gasteiger partial charge is 0.489 e. The predicted molar refractivity (Wildman–Crippen MR) is 80.9 cm³/mol. The standard InChI is InChI=1S/C18H19O2/c1-3-7-17-12-16(14(2)19)10-11-18(17)20-13-15-8-5-4-6-9-15/h4-6,8-12H,1,3,7,13H2,2H3. The Balaban J connectivity index is 2.16. The van der Waals surface area contributed by atoms with Crippen molar-refractivity contribution >= 4 is 5.78 Å². The van der Waals surface area contributed by atoms with E-state index in [0.29, 0.717) is 6.61 Å². The number of hydrogen-bond acceptors (Lipinski definition) is 2. The summed E-state index contributed by atoms with van der Waals surface area (Å²) in [5.74, 6) is 0.910. The van der Waals surface area contributed by atoms with Gasteiger partial charge >= 0.3 is 0 Å². The first kappa shape index (κ1) is 14.3. The van der Waals surface area contributed by atoms with Gasteiger partial charge in [-0.15, -0.1) is 0 Å². The molecule has 0 N–H and O–H groups in total. The molecule has 0 heterocycles. The Kier molecular flexibility index (Phi) is 4.94. The molecule has 0 unspecified atom stereocenters. The fourth-order valence-electron chi connectivity index (χ4n) is 2.06. The summed E-state index contributed by atoms with van der Waals surface area (Å²) in [6.07, 6.45) is 1.59. The van der Waals surface area contributed by atoms with Crippen molar-refractivity contribution in [3.63, 3.8) is 0 Å². The number of ketones is 1. The van der Waals surface area contributed by atoms with E-state index in [4.69, 9.17) is 4.74 Å². The maximum atomic E-state index is 11.4. The van der Waals surface area contributed by atoms with Gasteiger partial charge in [0.2, 0.25) is 0 Å². The first-order valence-electron chi connectivity index (χ1n) is 6.80. The molecule has 103 valence electrons. The van der Waals surface area contributed by atoms with Gasteiger partial charge in [-0.1, -0.05) is 37.3 Å². The molecule has 0 aliphatic rings. The summed E-state index contributed by atoms with van der Waals surface area (Å²) in [6, 6.07) is 15.6. The van der Waals surface area contributed by atoms with Crippen LogP contribution in [0, 0.1) is 6.92 Å². The summed E-state index contributed by atoms with van der Waals surface area (Å²) >= 11 is 0. The molecule has 2 nitrogen and oxygen atoms in total. The van der Waals surface area contributed by atoms with Gasteiger partial charge < -0.3 is 4.74 Å². The Bertz CT molecular complexity index is 573. The first-order valence-corrected chi connectivity index (χ1v) is 6.80. The molecule has 0 spiro atoms. The molecule has 0 saturated heterocycles. The quantitative estimate of drug-likeness (QED) is 0.732. The molecule has 0 aliphatic carbocycles. The molecule has 1 radical (unpaired) electrons. The molecule has 2 heteroatoms. The second kappa shape index (κ2) is 6.90. The number of aryl methyl sites for hydroxylation is 1. The Morgan fingerprint density at radius 1 is 1.15 bits per heavy atom. The van der Waals surface area contributed by atoms with Crippen molar-refractivity contribution < 1.29 is 9.53 Å². The average molecular weight is 267 g/mol. The third-order valence-corrected chi connectivity index (χ3v) is 3.15. The minimum absolute atomic E-state index is 0.0740. The molecular formula is C18H19O2. The Labute approximate surface area is 120 Å². The van der Waals surface area contributed by atoms with Crippen LogP contribution in [0.25, 0.3) is 0 Å². The number of rotatable bonds is 6. The zero-order valence-corrected chi connectivity index (χ0v) is 11.8. The van der Waals surface area contributed by atoms with Crippen molar-refractivity contribution in [2.45, 2.75) is 26.4 Å². The number of carbonyl (C=O) groups excluding carboxylic acids is 1. The van der Waals surface area contributed by atoms with Gasteiger partial charge in [0, 0.05) is 5.56 Å². The van der Waals surface area contributed by atoms with Gasteiger partial charge in [0.1, 0.15) is 12.4 Å². The van der Waals surface area contributed by atoms with E-state index in [2.05, 4.69) is 6.92 Å². The van der Waals surface area contributed by atoms with Crippen molar-refractivity contribution in [3.05, 3.63) is 72.1 Å². The molecule has 0 fully saturated rings. The number of hydrogen-bond donors (Lipinski definition) is 0. The zero-order chi connectivity index (χ0) is 14.4. The summed E-state index contributed by atoms with van der Waals surface area (Å²) in [5.41, 5.74) is 2.90. The van der Waals surface area contributed by atoms with Gasteiger partial charge in [-0.25, -0.2) is 0 Å². The number of carbonyl (C=O) groups is 1. The summed E-state index contributed by atoms with van der Waals surface area (Å²) in [4.78, 5) is 11.4. The lowest BCUT2D eigenvalue weighted by Gasteiger charge is -2.12. The average Bonchev–Trinajstić information content (AvgIpc) is 2.47. The fraction of sp³-hybridized carbons (Fsp3) is 0.222. The minimum atomic E-state index is 0.0740. The van der Waals surface area contributed by atoms with Crippen molar-refractivity contribution in [1.29, 1.82) is 0 Å². The van der Waals surface area contributed by atoms with Crippen LogP contribution in [0.4, 0.5) is 0 Å². The maximum Gasteiger partial charge on any atom is 0.159 e. The van der Waals surface area contributed by atoms with E-state index < -0.39 is 0 Å². The van der Waals surface area contributed by atoms with Gasteiger partial charge in [0.25, 0.3) is 0 Å². The van der Waals surface area contributed by atoms with Crippen molar-refractivity contribution in [3.8, 4) is 5.75 Å². The molecule has 0 atom stereocenters. The zero-order valence-electron chi connectivity index (χ0n) is 11.8. The Hall–Kier alpha value is -2.09. The van der Waals surface area contributed by atoms with E-state index in [0.717, 1.165) is 35.3 Å². The molecular weight excluding hydrogens is 248 g/mol. The van der Waals surface area contributed by atoms with Crippen molar-refractivity contribution in [2.75, 3.05) is 0 Å². The predicted octanol–water partition coefficient (Wildman–Crippen LogP) is 4.23. The van der Waals surface area contributed by atoms with E-state index in [1.807, 2.05) is 48.5 Å². The van der Waals surface area contributed by atoms with E-state index >= 15 is 0 Å². The number of ether oxygens (including phenoxy) is 1.